The van der Waals surface area contributed by atoms with Gasteiger partial charge in [-0.3, -0.25) is 14.5 Å². The van der Waals surface area contributed by atoms with Crippen molar-refractivity contribution in [1.82, 2.24) is 15.2 Å². The summed E-state index contributed by atoms with van der Waals surface area (Å²) in [7, 11) is 0. The van der Waals surface area contributed by atoms with Gasteiger partial charge in [-0.2, -0.15) is 0 Å². The number of aliphatic carboxylic acids is 1. The van der Waals surface area contributed by atoms with Gasteiger partial charge in [0, 0.05) is 36.1 Å². The molecule has 9 heteroatoms. The molecule has 206 valence electrons. The van der Waals surface area contributed by atoms with Crippen molar-refractivity contribution in [1.29, 1.82) is 0 Å². The number of carbonyl (C=O) groups is 2. The number of H-pyrrole nitrogens is 1. The number of carbonyl (C=O) groups excluding carboxylic acids is 1. The predicted molar refractivity (Wildman–Crippen MR) is 147 cm³/mol. The average Bonchev–Trinajstić information content (AvgIpc) is 3.34. The molecule has 8 nitrogen and oxygen atoms in total. The maximum atomic E-state index is 13.0. The first kappa shape index (κ1) is 28.1. The molecule has 2 aromatic carbocycles. The quantitative estimate of drug-likeness (QED) is 0.252. The Morgan fingerprint density at radius 1 is 1.15 bits per heavy atom. The van der Waals surface area contributed by atoms with Gasteiger partial charge in [0.25, 0.3) is 0 Å². The molecule has 0 saturated heterocycles. The van der Waals surface area contributed by atoms with Crippen LogP contribution in [-0.2, 0) is 27.3 Å². The van der Waals surface area contributed by atoms with Crippen LogP contribution in [0.4, 0.5) is 4.39 Å². The van der Waals surface area contributed by atoms with E-state index in [9.17, 15) is 19.1 Å². The summed E-state index contributed by atoms with van der Waals surface area (Å²) in [6.45, 7) is 2.02. The standard InChI is InChI=1S/C30H34FN3O5/c31-25-9-5-23(6-10-25)20-38-21-29(35)32-14-16-39-26-11-7-22(8-12-26)18-34(19-30(36)37)15-13-24-17-33-28-4-2-1-3-27(24)28/h1-5,7-12,17,23,33H,6,13-16,18-21H2,(H,32,35)(H,36,37). The summed E-state index contributed by atoms with van der Waals surface area (Å²) < 4.78 is 24.1. The van der Waals surface area contributed by atoms with Crippen molar-refractivity contribution in [3.63, 3.8) is 0 Å². The molecule has 1 aliphatic rings. The van der Waals surface area contributed by atoms with Crippen LogP contribution in [0.1, 0.15) is 17.5 Å². The fraction of sp³-hybridized carbons (Fsp3) is 0.333. The molecule has 0 bridgehead atoms. The van der Waals surface area contributed by atoms with Crippen LogP contribution in [0.25, 0.3) is 10.9 Å². The molecule has 4 rings (SSSR count). The number of para-hydroxylation sites is 1. The van der Waals surface area contributed by atoms with Gasteiger partial charge in [0.2, 0.25) is 5.91 Å². The van der Waals surface area contributed by atoms with Crippen LogP contribution < -0.4 is 10.1 Å². The van der Waals surface area contributed by atoms with Crippen molar-refractivity contribution in [3.8, 4) is 5.75 Å². The Labute approximate surface area is 227 Å². The molecular weight excluding hydrogens is 501 g/mol. The SMILES string of the molecule is O=C(O)CN(CCc1c[nH]c2ccccc12)Cc1ccc(OCCNC(=O)COCC2C=CC(F)=CC2)cc1. The zero-order valence-corrected chi connectivity index (χ0v) is 21.8. The van der Waals surface area contributed by atoms with Gasteiger partial charge in [0.15, 0.2) is 0 Å². The molecule has 1 heterocycles. The van der Waals surface area contributed by atoms with Crippen molar-refractivity contribution >= 4 is 22.8 Å². The van der Waals surface area contributed by atoms with Gasteiger partial charge in [-0.25, -0.2) is 4.39 Å². The molecule has 0 saturated carbocycles. The summed E-state index contributed by atoms with van der Waals surface area (Å²) in [6, 6.07) is 15.6. The Morgan fingerprint density at radius 2 is 1.97 bits per heavy atom. The molecule has 1 aliphatic carbocycles. The number of nitrogens with zero attached hydrogens (tertiary/aromatic N) is 1. The van der Waals surface area contributed by atoms with Crippen molar-refractivity contribution in [3.05, 3.63) is 89.9 Å². The summed E-state index contributed by atoms with van der Waals surface area (Å²) >= 11 is 0. The van der Waals surface area contributed by atoms with E-state index in [4.69, 9.17) is 9.47 Å². The second kappa shape index (κ2) is 14.3. The summed E-state index contributed by atoms with van der Waals surface area (Å²) in [4.78, 5) is 28.6. The number of aromatic amines is 1. The summed E-state index contributed by atoms with van der Waals surface area (Å²) in [6.07, 6.45) is 7.97. The van der Waals surface area contributed by atoms with E-state index in [1.165, 1.54) is 17.7 Å². The highest BCUT2D eigenvalue weighted by Crippen LogP contribution is 2.20. The monoisotopic (exact) mass is 535 g/mol. The number of ether oxygens (including phenoxy) is 2. The smallest absolute Gasteiger partial charge is 0.317 e. The van der Waals surface area contributed by atoms with Crippen LogP contribution in [0, 0.1) is 5.92 Å². The van der Waals surface area contributed by atoms with E-state index in [0.29, 0.717) is 45.0 Å². The fourth-order valence-corrected chi connectivity index (χ4v) is 4.45. The summed E-state index contributed by atoms with van der Waals surface area (Å²) in [5.41, 5.74) is 3.22. The Bertz CT molecular complexity index is 1300. The topological polar surface area (TPSA) is 104 Å². The first-order chi connectivity index (χ1) is 19.0. The largest absolute Gasteiger partial charge is 0.492 e. The van der Waals surface area contributed by atoms with Gasteiger partial charge in [0.05, 0.1) is 19.7 Å². The minimum absolute atomic E-state index is 0.0447. The molecule has 0 fully saturated rings. The lowest BCUT2D eigenvalue weighted by Gasteiger charge is -2.20. The third kappa shape index (κ3) is 9.08. The fourth-order valence-electron chi connectivity index (χ4n) is 4.45. The lowest BCUT2D eigenvalue weighted by Crippen LogP contribution is -2.32. The number of allylic oxidation sites excluding steroid dienone is 3. The van der Waals surface area contributed by atoms with Crippen molar-refractivity contribution in [2.24, 2.45) is 5.92 Å². The van der Waals surface area contributed by atoms with E-state index in [0.717, 1.165) is 22.9 Å². The van der Waals surface area contributed by atoms with E-state index >= 15 is 0 Å². The molecule has 3 N–H and O–H groups in total. The maximum absolute atomic E-state index is 13.0. The minimum Gasteiger partial charge on any atom is -0.492 e. The maximum Gasteiger partial charge on any atom is 0.317 e. The van der Waals surface area contributed by atoms with Gasteiger partial charge in [-0.1, -0.05) is 36.4 Å². The van der Waals surface area contributed by atoms with Gasteiger partial charge < -0.3 is 24.9 Å². The van der Waals surface area contributed by atoms with Gasteiger partial charge in [-0.15, -0.1) is 0 Å². The number of rotatable bonds is 15. The minimum atomic E-state index is -0.861. The number of aromatic nitrogens is 1. The van der Waals surface area contributed by atoms with Gasteiger partial charge in [0.1, 0.15) is 24.8 Å². The molecule has 1 amide bonds. The Balaban J connectivity index is 1.15. The summed E-state index contributed by atoms with van der Waals surface area (Å²) in [5, 5.41) is 13.3. The number of fused-ring (bicyclic) bond motifs is 1. The number of carboxylic acid groups (broad SMARTS) is 1. The van der Waals surface area contributed by atoms with Crippen molar-refractivity contribution < 1.29 is 28.6 Å². The lowest BCUT2D eigenvalue weighted by molar-refractivity contribution is -0.138. The highest BCUT2D eigenvalue weighted by Gasteiger charge is 2.13. The summed E-state index contributed by atoms with van der Waals surface area (Å²) in [5.74, 6) is -0.589. The number of benzene rings is 2. The number of amides is 1. The van der Waals surface area contributed by atoms with E-state index in [-0.39, 0.29) is 30.8 Å². The number of carboxylic acids is 1. The molecule has 0 spiro atoms. The number of hydrogen-bond donors (Lipinski definition) is 3. The molecule has 1 atom stereocenters. The molecule has 0 radical (unpaired) electrons. The van der Waals surface area contributed by atoms with Crippen molar-refractivity contribution in [2.45, 2.75) is 19.4 Å². The zero-order valence-electron chi connectivity index (χ0n) is 21.8. The molecule has 0 aliphatic heterocycles. The third-order valence-electron chi connectivity index (χ3n) is 6.46. The normalized spacial score (nSPS) is 14.9. The van der Waals surface area contributed by atoms with E-state index in [1.54, 1.807) is 6.08 Å². The third-order valence-corrected chi connectivity index (χ3v) is 6.46. The van der Waals surface area contributed by atoms with Crippen molar-refractivity contribution in [2.75, 3.05) is 39.5 Å². The highest BCUT2D eigenvalue weighted by molar-refractivity contribution is 5.83. The van der Waals surface area contributed by atoms with Crippen LogP contribution in [0.2, 0.25) is 0 Å². The first-order valence-electron chi connectivity index (χ1n) is 13.1. The van der Waals surface area contributed by atoms with E-state index in [1.807, 2.05) is 53.6 Å². The number of hydrogen-bond acceptors (Lipinski definition) is 5. The molecule has 1 unspecified atom stereocenters. The van der Waals surface area contributed by atoms with E-state index in [2.05, 4.69) is 16.4 Å². The zero-order chi connectivity index (χ0) is 27.5. The van der Waals surface area contributed by atoms with Crippen LogP contribution >= 0.6 is 0 Å². The average molecular weight is 536 g/mol. The first-order valence-corrected chi connectivity index (χ1v) is 13.1. The Hall–Kier alpha value is -3.95. The highest BCUT2D eigenvalue weighted by atomic mass is 19.1. The van der Waals surface area contributed by atoms with Gasteiger partial charge >= 0.3 is 5.97 Å². The molecule has 3 aromatic rings. The predicted octanol–water partition coefficient (Wildman–Crippen LogP) is 4.24. The van der Waals surface area contributed by atoms with Gasteiger partial charge in [-0.05, 0) is 54.3 Å². The number of nitrogens with one attached hydrogen (secondary N) is 2. The van der Waals surface area contributed by atoms with Crippen LogP contribution in [-0.4, -0.2) is 66.3 Å². The van der Waals surface area contributed by atoms with Crippen LogP contribution in [0.5, 0.6) is 5.75 Å². The van der Waals surface area contributed by atoms with Crippen LogP contribution in [0.15, 0.2) is 78.8 Å². The second-order valence-electron chi connectivity index (χ2n) is 9.52. The molecule has 39 heavy (non-hydrogen) atoms. The second-order valence-corrected chi connectivity index (χ2v) is 9.52. The van der Waals surface area contributed by atoms with E-state index < -0.39 is 5.97 Å². The number of halogens is 1. The Morgan fingerprint density at radius 3 is 2.74 bits per heavy atom. The molecule has 1 aromatic heterocycles. The lowest BCUT2D eigenvalue weighted by atomic mass is 10.0. The Kier molecular flexibility index (Phi) is 10.3. The molecular formula is C30H34FN3O5. The van der Waals surface area contributed by atoms with Crippen LogP contribution in [0.3, 0.4) is 0 Å².